The van der Waals surface area contributed by atoms with Crippen LogP contribution in [0.15, 0.2) is 0 Å². The van der Waals surface area contributed by atoms with Gasteiger partial charge in [-0.15, -0.1) is 0 Å². The summed E-state index contributed by atoms with van der Waals surface area (Å²) in [6.45, 7) is 4.65. The maximum absolute atomic E-state index is 14.0. The van der Waals surface area contributed by atoms with E-state index >= 15 is 0 Å². The smallest absolute Gasteiger partial charge is 0.210 e. The Hall–Kier alpha value is -0.190. The molecule has 2 aliphatic heterocycles. The molecule has 0 aromatic rings. The molecule has 0 amide bonds. The Kier molecular flexibility index (Phi) is 3.73. The Labute approximate surface area is 84.8 Å². The van der Waals surface area contributed by atoms with Crippen LogP contribution in [0.2, 0.25) is 0 Å². The van der Waals surface area contributed by atoms with Crippen molar-refractivity contribution in [1.82, 2.24) is 9.80 Å². The highest BCUT2D eigenvalue weighted by molar-refractivity contribution is 4.71. The second kappa shape index (κ2) is 5.05. The normalized spacial score (nSPS) is 28.9. The molecule has 0 saturated carbocycles. The van der Waals surface area contributed by atoms with Gasteiger partial charge in [-0.25, -0.2) is 4.39 Å². The molecule has 0 radical (unpaired) electrons. The minimum atomic E-state index is -0.876. The summed E-state index contributed by atoms with van der Waals surface area (Å²) in [6.07, 6.45) is 2.67. The second-order valence-corrected chi connectivity index (χ2v) is 4.06. The predicted octanol–water partition coefficient (Wildman–Crippen LogP) is 1.06. The molecule has 2 aliphatic rings. The Bertz CT molecular complexity index is 150. The van der Waals surface area contributed by atoms with E-state index in [1.165, 1.54) is 6.42 Å². The third-order valence-corrected chi connectivity index (χ3v) is 3.04. The highest BCUT2D eigenvalue weighted by Crippen LogP contribution is 2.16. The molecule has 3 nitrogen and oxygen atoms in total. The molecule has 2 fully saturated rings. The number of ether oxygens (including phenoxy) is 1. The van der Waals surface area contributed by atoms with Gasteiger partial charge in [0.15, 0.2) is 0 Å². The highest BCUT2D eigenvalue weighted by atomic mass is 19.1. The van der Waals surface area contributed by atoms with Gasteiger partial charge in [0.1, 0.15) is 0 Å². The molecule has 0 aliphatic carbocycles. The van der Waals surface area contributed by atoms with Crippen molar-refractivity contribution >= 4 is 0 Å². The predicted molar refractivity (Wildman–Crippen MR) is 52.7 cm³/mol. The molecule has 2 heterocycles. The lowest BCUT2D eigenvalue weighted by Crippen LogP contribution is -2.51. The molecule has 4 heteroatoms. The number of alkyl halides is 1. The van der Waals surface area contributed by atoms with Crippen molar-refractivity contribution in [3.05, 3.63) is 0 Å². The zero-order valence-corrected chi connectivity index (χ0v) is 8.62. The zero-order chi connectivity index (χ0) is 9.80. The van der Waals surface area contributed by atoms with Crippen LogP contribution in [0.25, 0.3) is 0 Å². The molecule has 1 atom stereocenters. The van der Waals surface area contributed by atoms with Crippen molar-refractivity contribution in [1.29, 1.82) is 0 Å². The average molecular weight is 202 g/mol. The summed E-state index contributed by atoms with van der Waals surface area (Å²) in [5.41, 5.74) is 0. The summed E-state index contributed by atoms with van der Waals surface area (Å²) in [4.78, 5) is 3.84. The van der Waals surface area contributed by atoms with E-state index in [1.54, 1.807) is 0 Å². The summed E-state index contributed by atoms with van der Waals surface area (Å²) in [5, 5.41) is 0. The molecule has 0 bridgehead atoms. The Balaban J connectivity index is 1.82. The van der Waals surface area contributed by atoms with Gasteiger partial charge < -0.3 is 4.74 Å². The van der Waals surface area contributed by atoms with E-state index in [1.807, 2.05) is 9.80 Å². The maximum atomic E-state index is 14.0. The number of rotatable bonds is 2. The van der Waals surface area contributed by atoms with Crippen LogP contribution < -0.4 is 0 Å². The minimum Gasteiger partial charge on any atom is -0.379 e. The van der Waals surface area contributed by atoms with Crippen molar-refractivity contribution in [2.24, 2.45) is 0 Å². The average Bonchev–Trinajstić information content (AvgIpc) is 2.30. The van der Waals surface area contributed by atoms with E-state index < -0.39 is 6.42 Å². The molecular weight excluding hydrogens is 183 g/mol. The molecule has 0 N–H and O–H groups in total. The number of morpholine rings is 1. The van der Waals surface area contributed by atoms with Gasteiger partial charge in [0.2, 0.25) is 6.42 Å². The molecule has 82 valence electrons. The Morgan fingerprint density at radius 3 is 2.07 bits per heavy atom. The van der Waals surface area contributed by atoms with Crippen LogP contribution in [0.1, 0.15) is 19.3 Å². The first-order valence-corrected chi connectivity index (χ1v) is 5.58. The summed E-state index contributed by atoms with van der Waals surface area (Å²) in [5.74, 6) is 0. The first kappa shape index (κ1) is 10.3. The number of likely N-dealkylation sites (tertiary alicyclic amines) is 1. The fourth-order valence-corrected chi connectivity index (χ4v) is 2.15. The standard InChI is InChI=1S/C10H19FN2O/c11-10(12-4-2-1-3-5-12)13-6-8-14-9-7-13/h10H,1-9H2. The number of hydrogen-bond donors (Lipinski definition) is 0. The van der Waals surface area contributed by atoms with Gasteiger partial charge in [0, 0.05) is 26.2 Å². The van der Waals surface area contributed by atoms with Crippen LogP contribution >= 0.6 is 0 Å². The minimum absolute atomic E-state index is 0.675. The SMILES string of the molecule is FC(N1CCCCC1)N1CCOCC1. The molecule has 14 heavy (non-hydrogen) atoms. The van der Waals surface area contributed by atoms with E-state index in [0.717, 1.165) is 39.0 Å². The van der Waals surface area contributed by atoms with Crippen LogP contribution in [0.3, 0.4) is 0 Å². The topological polar surface area (TPSA) is 15.7 Å². The van der Waals surface area contributed by atoms with E-state index in [9.17, 15) is 4.39 Å². The van der Waals surface area contributed by atoms with Crippen molar-refractivity contribution in [3.8, 4) is 0 Å². The Morgan fingerprint density at radius 2 is 1.43 bits per heavy atom. The zero-order valence-electron chi connectivity index (χ0n) is 8.62. The van der Waals surface area contributed by atoms with Crippen LogP contribution in [-0.2, 0) is 4.74 Å². The number of halogens is 1. The molecule has 0 aromatic heterocycles. The third-order valence-electron chi connectivity index (χ3n) is 3.04. The molecule has 0 aromatic carbocycles. The van der Waals surface area contributed by atoms with Crippen molar-refractivity contribution < 1.29 is 9.13 Å². The lowest BCUT2D eigenvalue weighted by Gasteiger charge is -2.37. The number of nitrogens with zero attached hydrogens (tertiary/aromatic N) is 2. The highest BCUT2D eigenvalue weighted by Gasteiger charge is 2.26. The second-order valence-electron chi connectivity index (χ2n) is 4.06. The summed E-state index contributed by atoms with van der Waals surface area (Å²) < 4.78 is 19.2. The van der Waals surface area contributed by atoms with E-state index in [2.05, 4.69) is 0 Å². The number of piperidine rings is 1. The summed E-state index contributed by atoms with van der Waals surface area (Å²) in [7, 11) is 0. The van der Waals surface area contributed by atoms with Crippen LogP contribution in [0.4, 0.5) is 4.39 Å². The maximum Gasteiger partial charge on any atom is 0.210 e. The lowest BCUT2D eigenvalue weighted by molar-refractivity contribution is -0.0983. The molecule has 2 rings (SSSR count). The molecular formula is C10H19FN2O. The van der Waals surface area contributed by atoms with Gasteiger partial charge in [0.25, 0.3) is 0 Å². The lowest BCUT2D eigenvalue weighted by atomic mass is 10.1. The first-order chi connectivity index (χ1) is 6.88. The van der Waals surface area contributed by atoms with Crippen molar-refractivity contribution in [2.75, 3.05) is 39.4 Å². The van der Waals surface area contributed by atoms with Gasteiger partial charge in [-0.2, -0.15) is 0 Å². The van der Waals surface area contributed by atoms with Crippen LogP contribution in [0.5, 0.6) is 0 Å². The van der Waals surface area contributed by atoms with Gasteiger partial charge in [-0.05, 0) is 12.8 Å². The van der Waals surface area contributed by atoms with Gasteiger partial charge in [0.05, 0.1) is 13.2 Å². The summed E-state index contributed by atoms with van der Waals surface area (Å²) >= 11 is 0. The van der Waals surface area contributed by atoms with E-state index in [0.29, 0.717) is 13.2 Å². The van der Waals surface area contributed by atoms with E-state index in [-0.39, 0.29) is 0 Å². The Morgan fingerprint density at radius 1 is 0.857 bits per heavy atom. The molecule has 0 spiro atoms. The van der Waals surface area contributed by atoms with Crippen molar-refractivity contribution in [3.63, 3.8) is 0 Å². The molecule has 1 unspecified atom stereocenters. The van der Waals surface area contributed by atoms with Gasteiger partial charge in [-0.1, -0.05) is 6.42 Å². The van der Waals surface area contributed by atoms with Crippen molar-refractivity contribution in [2.45, 2.75) is 25.7 Å². The van der Waals surface area contributed by atoms with Crippen LogP contribution in [0, 0.1) is 0 Å². The van der Waals surface area contributed by atoms with Crippen LogP contribution in [-0.4, -0.2) is 55.6 Å². The fourth-order valence-electron chi connectivity index (χ4n) is 2.15. The number of hydrogen-bond acceptors (Lipinski definition) is 3. The molecule has 2 saturated heterocycles. The first-order valence-electron chi connectivity index (χ1n) is 5.58. The quantitative estimate of drug-likeness (QED) is 0.623. The van der Waals surface area contributed by atoms with E-state index in [4.69, 9.17) is 4.74 Å². The monoisotopic (exact) mass is 202 g/mol. The largest absolute Gasteiger partial charge is 0.379 e. The third kappa shape index (κ3) is 2.43. The fraction of sp³-hybridized carbons (Fsp3) is 1.00. The van der Waals surface area contributed by atoms with Gasteiger partial charge in [-0.3, -0.25) is 9.80 Å². The summed E-state index contributed by atoms with van der Waals surface area (Å²) in [6, 6.07) is 0. The van der Waals surface area contributed by atoms with Gasteiger partial charge >= 0.3 is 0 Å².